The zero-order valence-corrected chi connectivity index (χ0v) is 9.06. The Morgan fingerprint density at radius 1 is 1.40 bits per heavy atom. The first kappa shape index (κ1) is 10.8. The van der Waals surface area contributed by atoms with Gasteiger partial charge < -0.3 is 4.90 Å². The third kappa shape index (κ3) is 2.67. The molecule has 2 rings (SSSR count). The monoisotopic (exact) mass is 217 g/mol. The molecule has 1 saturated heterocycles. The molecule has 0 aromatic heterocycles. The van der Waals surface area contributed by atoms with Gasteiger partial charge >= 0.3 is 0 Å². The van der Waals surface area contributed by atoms with Crippen LogP contribution in [0.25, 0.3) is 0 Å². The maximum atomic E-state index is 12.7. The molecule has 1 saturated carbocycles. The van der Waals surface area contributed by atoms with Crippen LogP contribution in [0.4, 0.5) is 8.78 Å². The van der Waals surface area contributed by atoms with E-state index in [0.29, 0.717) is 18.5 Å². The predicted octanol–water partition coefficient (Wildman–Crippen LogP) is 2.43. The van der Waals surface area contributed by atoms with Crippen molar-refractivity contribution in [2.24, 2.45) is 5.41 Å². The van der Waals surface area contributed by atoms with Gasteiger partial charge in [0.1, 0.15) is 0 Å². The lowest BCUT2D eigenvalue weighted by atomic mass is 9.95. The first-order valence-electron chi connectivity index (χ1n) is 5.56. The van der Waals surface area contributed by atoms with Crippen molar-refractivity contribution in [1.29, 1.82) is 0 Å². The van der Waals surface area contributed by atoms with E-state index in [9.17, 15) is 13.6 Å². The maximum Gasteiger partial charge on any atom is 0.254 e. The highest BCUT2D eigenvalue weighted by atomic mass is 19.3. The third-order valence-corrected chi connectivity index (χ3v) is 3.43. The lowest BCUT2D eigenvalue weighted by Gasteiger charge is -2.33. The van der Waals surface area contributed by atoms with E-state index in [1.165, 1.54) is 19.3 Å². The molecule has 1 amide bonds. The summed E-state index contributed by atoms with van der Waals surface area (Å²) < 4.78 is 25.4. The Kier molecular flexibility index (Phi) is 2.47. The predicted molar refractivity (Wildman–Crippen MR) is 52.7 cm³/mol. The summed E-state index contributed by atoms with van der Waals surface area (Å²) in [7, 11) is 0. The Morgan fingerprint density at radius 2 is 2.07 bits per heavy atom. The second-order valence-corrected chi connectivity index (χ2v) is 5.17. The topological polar surface area (TPSA) is 20.3 Å². The number of carbonyl (C=O) groups excluding carboxylic acids is 1. The van der Waals surface area contributed by atoms with Gasteiger partial charge in [-0.25, -0.2) is 8.78 Å². The van der Waals surface area contributed by atoms with Gasteiger partial charge in [-0.1, -0.05) is 0 Å². The zero-order valence-electron chi connectivity index (χ0n) is 9.06. The molecular weight excluding hydrogens is 200 g/mol. The molecule has 15 heavy (non-hydrogen) atoms. The van der Waals surface area contributed by atoms with Gasteiger partial charge in [0.05, 0.1) is 6.42 Å². The maximum absolute atomic E-state index is 12.7. The summed E-state index contributed by atoms with van der Waals surface area (Å²) in [6.45, 7) is 2.18. The summed E-state index contributed by atoms with van der Waals surface area (Å²) in [5.41, 5.74) is 0.316. The van der Waals surface area contributed by atoms with Crippen molar-refractivity contribution in [3.63, 3.8) is 0 Å². The van der Waals surface area contributed by atoms with Crippen LogP contribution in [0.15, 0.2) is 0 Å². The molecule has 0 atom stereocenters. The highest BCUT2D eigenvalue weighted by Crippen LogP contribution is 2.52. The van der Waals surface area contributed by atoms with E-state index in [4.69, 9.17) is 0 Å². The Labute approximate surface area is 88.6 Å². The fraction of sp³-hybridized carbons (Fsp3) is 0.909. The summed E-state index contributed by atoms with van der Waals surface area (Å²) in [4.78, 5) is 13.2. The number of likely N-dealkylation sites (tertiary alicyclic amines) is 1. The van der Waals surface area contributed by atoms with E-state index in [1.807, 2.05) is 0 Å². The van der Waals surface area contributed by atoms with Crippen molar-refractivity contribution in [2.45, 2.75) is 45.0 Å². The van der Waals surface area contributed by atoms with E-state index < -0.39 is 12.3 Å². The van der Waals surface area contributed by atoms with Gasteiger partial charge in [0.15, 0.2) is 0 Å². The van der Waals surface area contributed by atoms with Crippen LogP contribution < -0.4 is 0 Å². The largest absolute Gasteiger partial charge is 0.342 e. The summed E-state index contributed by atoms with van der Waals surface area (Å²) in [5.74, 6) is -3.25. The van der Waals surface area contributed by atoms with E-state index in [-0.39, 0.29) is 5.91 Å². The quantitative estimate of drug-likeness (QED) is 0.695. The number of alkyl halides is 2. The van der Waals surface area contributed by atoms with Crippen LogP contribution in [0.3, 0.4) is 0 Å². The van der Waals surface area contributed by atoms with E-state index >= 15 is 0 Å². The normalized spacial score (nSPS) is 24.3. The molecule has 1 aliphatic carbocycles. The van der Waals surface area contributed by atoms with E-state index in [2.05, 4.69) is 0 Å². The molecule has 4 heteroatoms. The number of halogens is 2. The van der Waals surface area contributed by atoms with Crippen LogP contribution in [-0.4, -0.2) is 29.8 Å². The minimum atomic E-state index is -2.87. The number of carbonyl (C=O) groups is 1. The molecule has 1 aliphatic heterocycles. The average Bonchev–Trinajstić information content (AvgIpc) is 2.82. The summed E-state index contributed by atoms with van der Waals surface area (Å²) >= 11 is 0. The van der Waals surface area contributed by atoms with Crippen molar-refractivity contribution in [3.05, 3.63) is 0 Å². The van der Waals surface area contributed by atoms with Crippen LogP contribution >= 0.6 is 0 Å². The van der Waals surface area contributed by atoms with Crippen molar-refractivity contribution in [3.8, 4) is 0 Å². The number of hydrogen-bond donors (Lipinski definition) is 0. The molecule has 2 aliphatic rings. The van der Waals surface area contributed by atoms with Crippen LogP contribution in [-0.2, 0) is 4.79 Å². The Balaban J connectivity index is 1.90. The van der Waals surface area contributed by atoms with Gasteiger partial charge in [-0.15, -0.1) is 0 Å². The molecule has 0 radical (unpaired) electrons. The van der Waals surface area contributed by atoms with Crippen molar-refractivity contribution in [2.75, 3.05) is 13.1 Å². The average molecular weight is 217 g/mol. The van der Waals surface area contributed by atoms with Gasteiger partial charge in [-0.05, 0) is 38.0 Å². The standard InChI is InChI=1S/C11H17F2NO/c1-10(12,13)7-9(15)14-6-2-3-11(8-14)4-5-11/h2-8H2,1H3. The molecule has 86 valence electrons. The van der Waals surface area contributed by atoms with Crippen LogP contribution in [0.2, 0.25) is 0 Å². The molecule has 2 fully saturated rings. The Hall–Kier alpha value is -0.670. The van der Waals surface area contributed by atoms with Gasteiger partial charge in [0, 0.05) is 13.1 Å². The van der Waals surface area contributed by atoms with Crippen LogP contribution in [0.1, 0.15) is 39.0 Å². The number of rotatable bonds is 2. The van der Waals surface area contributed by atoms with Gasteiger partial charge in [0.25, 0.3) is 5.92 Å². The molecule has 0 aromatic carbocycles. The van der Waals surface area contributed by atoms with E-state index in [0.717, 1.165) is 13.3 Å². The second kappa shape index (κ2) is 3.42. The number of hydrogen-bond acceptors (Lipinski definition) is 1. The first-order chi connectivity index (χ1) is 6.90. The minimum Gasteiger partial charge on any atom is -0.342 e. The van der Waals surface area contributed by atoms with Gasteiger partial charge in [0.2, 0.25) is 5.91 Å². The lowest BCUT2D eigenvalue weighted by molar-refractivity contribution is -0.139. The van der Waals surface area contributed by atoms with Crippen molar-refractivity contribution < 1.29 is 13.6 Å². The smallest absolute Gasteiger partial charge is 0.254 e. The van der Waals surface area contributed by atoms with E-state index in [1.54, 1.807) is 4.90 Å². The van der Waals surface area contributed by atoms with Crippen LogP contribution in [0, 0.1) is 5.41 Å². The molecule has 0 unspecified atom stereocenters. The van der Waals surface area contributed by atoms with Gasteiger partial charge in [-0.3, -0.25) is 4.79 Å². The molecule has 1 spiro atoms. The summed E-state index contributed by atoms with van der Waals surface area (Å²) in [6.07, 6.45) is 3.84. The third-order valence-electron chi connectivity index (χ3n) is 3.43. The first-order valence-corrected chi connectivity index (χ1v) is 5.56. The van der Waals surface area contributed by atoms with Gasteiger partial charge in [-0.2, -0.15) is 0 Å². The van der Waals surface area contributed by atoms with Crippen molar-refractivity contribution in [1.82, 2.24) is 4.90 Å². The number of nitrogens with zero attached hydrogens (tertiary/aromatic N) is 1. The molecule has 0 bridgehead atoms. The number of amides is 1. The fourth-order valence-electron chi connectivity index (χ4n) is 2.38. The molecule has 1 heterocycles. The molecule has 0 aromatic rings. The minimum absolute atomic E-state index is 0.316. The van der Waals surface area contributed by atoms with Crippen molar-refractivity contribution >= 4 is 5.91 Å². The SMILES string of the molecule is CC(F)(F)CC(=O)N1CCCC2(CC2)C1. The summed E-state index contributed by atoms with van der Waals surface area (Å²) in [5, 5.41) is 0. The van der Waals surface area contributed by atoms with Crippen LogP contribution in [0.5, 0.6) is 0 Å². The second-order valence-electron chi connectivity index (χ2n) is 5.17. The zero-order chi connectivity index (χ0) is 11.1. The highest BCUT2D eigenvalue weighted by Gasteiger charge is 2.46. The Morgan fingerprint density at radius 3 is 2.60 bits per heavy atom. The molecule has 2 nitrogen and oxygen atoms in total. The Bertz CT molecular complexity index is 268. The fourth-order valence-corrected chi connectivity index (χ4v) is 2.38. The summed E-state index contributed by atoms with van der Waals surface area (Å²) in [6, 6.07) is 0. The number of piperidine rings is 1. The highest BCUT2D eigenvalue weighted by molar-refractivity contribution is 5.77. The lowest BCUT2D eigenvalue weighted by Crippen LogP contribution is -2.42. The molecule has 0 N–H and O–H groups in total. The molecular formula is C11H17F2NO.